The summed E-state index contributed by atoms with van der Waals surface area (Å²) in [5, 5.41) is 0. The first-order valence-corrected chi connectivity index (χ1v) is 7.89. The molecule has 1 aromatic carbocycles. The number of hydrogen-bond donors (Lipinski definition) is 0. The molecule has 1 aromatic rings. The van der Waals surface area contributed by atoms with E-state index >= 15 is 0 Å². The molecule has 2 aliphatic heterocycles. The third kappa shape index (κ3) is 3.20. The lowest BCUT2D eigenvalue weighted by Gasteiger charge is -2.39. The molecule has 5 nitrogen and oxygen atoms in total. The molecule has 0 aliphatic carbocycles. The first-order chi connectivity index (χ1) is 10.6. The van der Waals surface area contributed by atoms with E-state index in [-0.39, 0.29) is 24.0 Å². The molecule has 2 unspecified atom stereocenters. The van der Waals surface area contributed by atoms with E-state index in [0.717, 1.165) is 6.54 Å². The molecule has 2 aliphatic rings. The zero-order valence-electron chi connectivity index (χ0n) is 12.9. The Morgan fingerprint density at radius 3 is 2.45 bits per heavy atom. The summed E-state index contributed by atoms with van der Waals surface area (Å²) in [6, 6.07) is 10.4. The number of rotatable bonds is 4. The zero-order valence-corrected chi connectivity index (χ0v) is 12.9. The summed E-state index contributed by atoms with van der Waals surface area (Å²) in [6.07, 6.45) is 0.894. The highest BCUT2D eigenvalue weighted by Gasteiger charge is 2.32. The zero-order chi connectivity index (χ0) is 15.5. The Labute approximate surface area is 130 Å². The van der Waals surface area contributed by atoms with Crippen molar-refractivity contribution in [2.24, 2.45) is 0 Å². The van der Waals surface area contributed by atoms with Gasteiger partial charge >= 0.3 is 0 Å². The number of carbonyl (C=O) groups is 2. The Kier molecular flexibility index (Phi) is 4.55. The van der Waals surface area contributed by atoms with E-state index in [0.29, 0.717) is 32.5 Å². The lowest BCUT2D eigenvalue weighted by Crippen LogP contribution is -2.47. The van der Waals surface area contributed by atoms with Crippen molar-refractivity contribution in [3.63, 3.8) is 0 Å². The second kappa shape index (κ2) is 6.58. The standard InChI is InChI=1S/C17H22N2O3/c1-13-11-18(9-10-19-16(20)7-8-17(19)21)15(12-22-13)14-5-3-2-4-6-14/h2-6,13,15H,7-12H2,1H3. The fourth-order valence-corrected chi connectivity index (χ4v) is 3.20. The van der Waals surface area contributed by atoms with Gasteiger partial charge in [-0.25, -0.2) is 0 Å². The van der Waals surface area contributed by atoms with E-state index in [1.807, 2.05) is 18.2 Å². The predicted octanol–water partition coefficient (Wildman–Crippen LogP) is 1.60. The lowest BCUT2D eigenvalue weighted by molar-refractivity contribution is -0.139. The van der Waals surface area contributed by atoms with Crippen LogP contribution >= 0.6 is 0 Å². The second-order valence-corrected chi connectivity index (χ2v) is 6.00. The van der Waals surface area contributed by atoms with Crippen molar-refractivity contribution in [1.82, 2.24) is 9.80 Å². The third-order valence-electron chi connectivity index (χ3n) is 4.42. The van der Waals surface area contributed by atoms with E-state index in [1.165, 1.54) is 10.5 Å². The summed E-state index contributed by atoms with van der Waals surface area (Å²) in [5.41, 5.74) is 1.22. The average Bonchev–Trinajstić information content (AvgIpc) is 2.85. The number of morpholine rings is 1. The van der Waals surface area contributed by atoms with Crippen LogP contribution in [0.25, 0.3) is 0 Å². The summed E-state index contributed by atoms with van der Waals surface area (Å²) in [7, 11) is 0. The molecule has 0 bridgehead atoms. The van der Waals surface area contributed by atoms with Gasteiger partial charge in [0.2, 0.25) is 11.8 Å². The van der Waals surface area contributed by atoms with E-state index in [1.54, 1.807) is 0 Å². The highest BCUT2D eigenvalue weighted by Crippen LogP contribution is 2.26. The summed E-state index contributed by atoms with van der Waals surface area (Å²) in [5.74, 6) is -0.0786. The van der Waals surface area contributed by atoms with Gasteiger partial charge in [-0.2, -0.15) is 0 Å². The van der Waals surface area contributed by atoms with Crippen LogP contribution in [0, 0.1) is 0 Å². The summed E-state index contributed by atoms with van der Waals surface area (Å²) in [4.78, 5) is 27.2. The summed E-state index contributed by atoms with van der Waals surface area (Å²) >= 11 is 0. The highest BCUT2D eigenvalue weighted by atomic mass is 16.5. The van der Waals surface area contributed by atoms with Gasteiger partial charge in [-0.1, -0.05) is 30.3 Å². The first kappa shape index (κ1) is 15.2. The Bertz CT molecular complexity index is 530. The quantitative estimate of drug-likeness (QED) is 0.793. The Hall–Kier alpha value is -1.72. The number of likely N-dealkylation sites (tertiary alicyclic amines) is 1. The largest absolute Gasteiger partial charge is 0.375 e. The number of ether oxygens (including phenoxy) is 1. The van der Waals surface area contributed by atoms with Crippen LogP contribution < -0.4 is 0 Å². The molecular formula is C17H22N2O3. The van der Waals surface area contributed by atoms with E-state index < -0.39 is 0 Å². The molecule has 0 aromatic heterocycles. The fourth-order valence-electron chi connectivity index (χ4n) is 3.20. The van der Waals surface area contributed by atoms with Crippen molar-refractivity contribution in [2.75, 3.05) is 26.2 Å². The highest BCUT2D eigenvalue weighted by molar-refractivity contribution is 6.01. The van der Waals surface area contributed by atoms with Crippen LogP contribution in [0.4, 0.5) is 0 Å². The molecule has 2 atom stereocenters. The van der Waals surface area contributed by atoms with Crippen LogP contribution in [0.1, 0.15) is 31.4 Å². The number of benzene rings is 1. The molecule has 5 heteroatoms. The molecule has 0 radical (unpaired) electrons. The molecule has 2 heterocycles. The second-order valence-electron chi connectivity index (χ2n) is 6.00. The minimum absolute atomic E-state index is 0.0393. The Balaban J connectivity index is 1.68. The molecule has 0 spiro atoms. The molecule has 2 saturated heterocycles. The van der Waals surface area contributed by atoms with Crippen LogP contribution in [-0.2, 0) is 14.3 Å². The van der Waals surface area contributed by atoms with Gasteiger partial charge in [0.1, 0.15) is 0 Å². The smallest absolute Gasteiger partial charge is 0.229 e. The molecule has 2 amide bonds. The topological polar surface area (TPSA) is 49.9 Å². The minimum Gasteiger partial charge on any atom is -0.375 e. The van der Waals surface area contributed by atoms with Crippen molar-refractivity contribution in [3.05, 3.63) is 35.9 Å². The maximum absolute atomic E-state index is 11.7. The number of nitrogens with zero attached hydrogens (tertiary/aromatic N) is 2. The van der Waals surface area contributed by atoms with Crippen LogP contribution in [0.2, 0.25) is 0 Å². The van der Waals surface area contributed by atoms with Gasteiger partial charge in [-0.15, -0.1) is 0 Å². The number of imide groups is 1. The molecule has 0 saturated carbocycles. The Morgan fingerprint density at radius 2 is 1.77 bits per heavy atom. The maximum atomic E-state index is 11.7. The minimum atomic E-state index is -0.0393. The van der Waals surface area contributed by atoms with Crippen molar-refractivity contribution in [2.45, 2.75) is 31.9 Å². The van der Waals surface area contributed by atoms with Gasteiger partial charge in [0.15, 0.2) is 0 Å². The van der Waals surface area contributed by atoms with Crippen LogP contribution in [0.3, 0.4) is 0 Å². The monoisotopic (exact) mass is 302 g/mol. The third-order valence-corrected chi connectivity index (χ3v) is 4.42. The number of hydrogen-bond acceptors (Lipinski definition) is 4. The molecular weight excluding hydrogens is 280 g/mol. The number of carbonyl (C=O) groups excluding carboxylic acids is 2. The van der Waals surface area contributed by atoms with Gasteiger partial charge in [-0.05, 0) is 12.5 Å². The average molecular weight is 302 g/mol. The van der Waals surface area contributed by atoms with Gasteiger partial charge < -0.3 is 4.74 Å². The van der Waals surface area contributed by atoms with Gasteiger partial charge in [0.05, 0.1) is 18.8 Å². The normalized spacial score (nSPS) is 26.7. The van der Waals surface area contributed by atoms with Crippen molar-refractivity contribution in [3.8, 4) is 0 Å². The van der Waals surface area contributed by atoms with Crippen LogP contribution in [0.5, 0.6) is 0 Å². The number of amides is 2. The predicted molar refractivity (Wildman–Crippen MR) is 82.1 cm³/mol. The molecule has 22 heavy (non-hydrogen) atoms. The van der Waals surface area contributed by atoms with Crippen molar-refractivity contribution in [1.29, 1.82) is 0 Å². The van der Waals surface area contributed by atoms with Crippen LogP contribution in [0.15, 0.2) is 30.3 Å². The molecule has 2 fully saturated rings. The van der Waals surface area contributed by atoms with Gasteiger partial charge in [0, 0.05) is 32.5 Å². The molecule has 3 rings (SSSR count). The Morgan fingerprint density at radius 1 is 1.09 bits per heavy atom. The molecule has 118 valence electrons. The van der Waals surface area contributed by atoms with Gasteiger partial charge in [-0.3, -0.25) is 19.4 Å². The van der Waals surface area contributed by atoms with E-state index in [2.05, 4.69) is 24.0 Å². The van der Waals surface area contributed by atoms with Crippen LogP contribution in [-0.4, -0.2) is 54.0 Å². The summed E-state index contributed by atoms with van der Waals surface area (Å²) in [6.45, 7) is 4.70. The lowest BCUT2D eigenvalue weighted by atomic mass is 10.0. The van der Waals surface area contributed by atoms with Crippen molar-refractivity contribution < 1.29 is 14.3 Å². The fraction of sp³-hybridized carbons (Fsp3) is 0.529. The van der Waals surface area contributed by atoms with E-state index in [4.69, 9.17) is 4.74 Å². The maximum Gasteiger partial charge on any atom is 0.229 e. The molecule has 0 N–H and O–H groups in total. The SMILES string of the molecule is CC1CN(CCN2C(=O)CCC2=O)C(c2ccccc2)CO1. The van der Waals surface area contributed by atoms with Crippen molar-refractivity contribution >= 4 is 11.8 Å². The summed E-state index contributed by atoms with van der Waals surface area (Å²) < 4.78 is 5.80. The first-order valence-electron chi connectivity index (χ1n) is 7.89. The van der Waals surface area contributed by atoms with Gasteiger partial charge in [0.25, 0.3) is 0 Å². The van der Waals surface area contributed by atoms with E-state index in [9.17, 15) is 9.59 Å².